The first-order chi connectivity index (χ1) is 15.5. The number of rotatable bonds is 7. The van der Waals surface area contributed by atoms with E-state index in [1.165, 1.54) is 18.3 Å². The lowest BCUT2D eigenvalue weighted by molar-refractivity contribution is -0.401. The standard InChI is InChI=1S/C22H17N5O5/c1-31-18-9-7-15(8-10-18)22(28)24-23-13-16-14-26(17-5-3-2-4-6-17)25-21(16)19-11-12-20(32-19)27(29)30/h2-14H,1H3,(H,24,28)/b23-13+. The van der Waals surface area contributed by atoms with Crippen LogP contribution < -0.4 is 10.2 Å². The summed E-state index contributed by atoms with van der Waals surface area (Å²) in [7, 11) is 1.54. The number of carbonyl (C=O) groups is 1. The van der Waals surface area contributed by atoms with Gasteiger partial charge in [-0.1, -0.05) is 18.2 Å². The smallest absolute Gasteiger partial charge is 0.433 e. The Bertz CT molecular complexity index is 1280. The molecule has 0 aliphatic heterocycles. The third-order valence-corrected chi connectivity index (χ3v) is 4.49. The normalized spacial score (nSPS) is 10.9. The summed E-state index contributed by atoms with van der Waals surface area (Å²) in [6.07, 6.45) is 3.08. The van der Waals surface area contributed by atoms with Crippen LogP contribution in [0.3, 0.4) is 0 Å². The summed E-state index contributed by atoms with van der Waals surface area (Å²) in [5.74, 6) is 0.0318. The number of amides is 1. The van der Waals surface area contributed by atoms with Gasteiger partial charge in [-0.2, -0.15) is 10.2 Å². The molecule has 4 aromatic rings. The number of carbonyl (C=O) groups excluding carboxylic acids is 1. The first-order valence-corrected chi connectivity index (χ1v) is 9.42. The van der Waals surface area contributed by atoms with Gasteiger partial charge in [0.25, 0.3) is 5.91 Å². The summed E-state index contributed by atoms with van der Waals surface area (Å²) in [5, 5.41) is 19.5. The molecule has 0 unspecified atom stereocenters. The maximum absolute atomic E-state index is 12.3. The summed E-state index contributed by atoms with van der Waals surface area (Å²) < 4.78 is 12.0. The number of hydrazone groups is 1. The number of benzene rings is 2. The van der Waals surface area contributed by atoms with Gasteiger partial charge in [-0.3, -0.25) is 14.9 Å². The second-order valence-electron chi connectivity index (χ2n) is 6.54. The van der Waals surface area contributed by atoms with E-state index in [1.807, 2.05) is 30.3 Å². The van der Waals surface area contributed by atoms with Crippen molar-refractivity contribution in [3.63, 3.8) is 0 Å². The number of methoxy groups -OCH3 is 1. The summed E-state index contributed by atoms with van der Waals surface area (Å²) in [4.78, 5) is 22.7. The fourth-order valence-electron chi connectivity index (χ4n) is 2.91. The lowest BCUT2D eigenvalue weighted by Gasteiger charge is -2.02. The molecule has 0 fully saturated rings. The predicted octanol–water partition coefficient (Wildman–Crippen LogP) is 3.81. The topological polar surface area (TPSA) is 125 Å². The van der Waals surface area contributed by atoms with Crippen molar-refractivity contribution in [2.45, 2.75) is 0 Å². The first-order valence-electron chi connectivity index (χ1n) is 9.42. The van der Waals surface area contributed by atoms with Gasteiger partial charge in [0.1, 0.15) is 16.4 Å². The van der Waals surface area contributed by atoms with Gasteiger partial charge in [-0.25, -0.2) is 10.1 Å². The lowest BCUT2D eigenvalue weighted by atomic mass is 10.2. The number of nitrogens with one attached hydrogen (secondary N) is 1. The minimum atomic E-state index is -0.624. The van der Waals surface area contributed by atoms with Crippen LogP contribution in [-0.2, 0) is 0 Å². The third-order valence-electron chi connectivity index (χ3n) is 4.49. The number of para-hydroxylation sites is 1. The van der Waals surface area contributed by atoms with Crippen molar-refractivity contribution in [1.82, 2.24) is 15.2 Å². The van der Waals surface area contributed by atoms with E-state index in [0.717, 1.165) is 5.69 Å². The minimum absolute atomic E-state index is 0.203. The summed E-state index contributed by atoms with van der Waals surface area (Å²) >= 11 is 0. The van der Waals surface area contributed by atoms with Gasteiger partial charge in [-0.15, -0.1) is 0 Å². The highest BCUT2D eigenvalue weighted by Gasteiger charge is 2.19. The molecular weight excluding hydrogens is 414 g/mol. The van der Waals surface area contributed by atoms with E-state index < -0.39 is 16.7 Å². The summed E-state index contributed by atoms with van der Waals surface area (Å²) in [5.41, 5.74) is 4.46. The number of nitrogens with zero attached hydrogens (tertiary/aromatic N) is 4. The molecule has 0 saturated carbocycles. The molecule has 0 bridgehead atoms. The van der Waals surface area contributed by atoms with Gasteiger partial charge in [0.15, 0.2) is 5.76 Å². The van der Waals surface area contributed by atoms with Crippen molar-refractivity contribution in [1.29, 1.82) is 0 Å². The SMILES string of the molecule is COc1ccc(C(=O)N/N=C/c2cn(-c3ccccc3)nc2-c2ccc([N+](=O)[O-])o2)cc1. The molecule has 0 aliphatic rings. The second kappa shape index (κ2) is 8.96. The van der Waals surface area contributed by atoms with E-state index >= 15 is 0 Å². The van der Waals surface area contributed by atoms with Crippen LogP contribution in [0.25, 0.3) is 17.1 Å². The van der Waals surface area contributed by atoms with Crippen LogP contribution in [0.2, 0.25) is 0 Å². The van der Waals surface area contributed by atoms with Gasteiger partial charge in [-0.05, 0) is 42.5 Å². The van der Waals surface area contributed by atoms with Gasteiger partial charge in [0, 0.05) is 17.3 Å². The molecule has 0 radical (unpaired) electrons. The Balaban J connectivity index is 1.61. The number of ether oxygens (including phenoxy) is 1. The fourth-order valence-corrected chi connectivity index (χ4v) is 2.91. The van der Waals surface area contributed by atoms with Crippen LogP contribution >= 0.6 is 0 Å². The van der Waals surface area contributed by atoms with Gasteiger partial charge in [0.2, 0.25) is 0 Å². The Morgan fingerprint density at radius 1 is 1.16 bits per heavy atom. The zero-order valence-corrected chi connectivity index (χ0v) is 16.8. The number of hydrogen-bond acceptors (Lipinski definition) is 7. The molecule has 2 heterocycles. The van der Waals surface area contributed by atoms with E-state index in [1.54, 1.807) is 42.3 Å². The van der Waals surface area contributed by atoms with Gasteiger partial charge in [0.05, 0.1) is 25.1 Å². The van der Waals surface area contributed by atoms with Crippen molar-refractivity contribution in [3.05, 3.63) is 94.2 Å². The van der Waals surface area contributed by atoms with Crippen molar-refractivity contribution in [2.24, 2.45) is 5.10 Å². The predicted molar refractivity (Wildman–Crippen MR) is 116 cm³/mol. The molecular formula is C22H17N5O5. The van der Waals surface area contributed by atoms with Crippen LogP contribution in [-0.4, -0.2) is 33.9 Å². The molecule has 2 aromatic carbocycles. The van der Waals surface area contributed by atoms with Crippen LogP contribution in [0, 0.1) is 10.1 Å². The van der Waals surface area contributed by atoms with Crippen molar-refractivity contribution >= 4 is 18.0 Å². The number of aromatic nitrogens is 2. The number of nitro groups is 1. The van der Waals surface area contributed by atoms with Crippen LogP contribution in [0.4, 0.5) is 5.88 Å². The first kappa shape index (κ1) is 20.5. The Morgan fingerprint density at radius 2 is 1.91 bits per heavy atom. The average molecular weight is 431 g/mol. The molecule has 10 heteroatoms. The molecule has 0 aliphatic carbocycles. The Kier molecular flexibility index (Phi) is 5.75. The van der Waals surface area contributed by atoms with Gasteiger partial charge >= 0.3 is 5.88 Å². The fraction of sp³-hybridized carbons (Fsp3) is 0.0455. The van der Waals surface area contributed by atoms with E-state index in [4.69, 9.17) is 9.15 Å². The molecule has 4 rings (SSSR count). The molecule has 32 heavy (non-hydrogen) atoms. The molecule has 0 saturated heterocycles. The van der Waals surface area contributed by atoms with Crippen molar-refractivity contribution < 1.29 is 18.9 Å². The monoisotopic (exact) mass is 431 g/mol. The maximum Gasteiger partial charge on any atom is 0.433 e. The van der Waals surface area contributed by atoms with Crippen LogP contribution in [0.15, 0.2) is 82.4 Å². The molecule has 2 aromatic heterocycles. The average Bonchev–Trinajstić information content (AvgIpc) is 3.47. The van der Waals surface area contributed by atoms with Crippen molar-refractivity contribution in [2.75, 3.05) is 7.11 Å². The van der Waals surface area contributed by atoms with E-state index in [0.29, 0.717) is 22.6 Å². The Hall–Kier alpha value is -4.73. The maximum atomic E-state index is 12.3. The lowest BCUT2D eigenvalue weighted by Crippen LogP contribution is -2.17. The summed E-state index contributed by atoms with van der Waals surface area (Å²) in [6, 6.07) is 18.6. The highest BCUT2D eigenvalue weighted by atomic mass is 16.6. The summed E-state index contributed by atoms with van der Waals surface area (Å²) in [6.45, 7) is 0. The minimum Gasteiger partial charge on any atom is -0.497 e. The quantitative estimate of drug-likeness (QED) is 0.269. The van der Waals surface area contributed by atoms with Gasteiger partial charge < -0.3 is 9.15 Å². The second-order valence-corrected chi connectivity index (χ2v) is 6.54. The van der Waals surface area contributed by atoms with Crippen LogP contribution in [0.5, 0.6) is 5.75 Å². The van der Waals surface area contributed by atoms with Crippen molar-refractivity contribution in [3.8, 4) is 22.9 Å². The van der Waals surface area contributed by atoms with Crippen LogP contribution in [0.1, 0.15) is 15.9 Å². The van der Waals surface area contributed by atoms with E-state index in [2.05, 4.69) is 15.6 Å². The number of hydrogen-bond donors (Lipinski definition) is 1. The number of furan rings is 1. The zero-order chi connectivity index (χ0) is 22.5. The molecule has 10 nitrogen and oxygen atoms in total. The molecule has 1 N–H and O–H groups in total. The Morgan fingerprint density at radius 3 is 2.56 bits per heavy atom. The molecule has 1 amide bonds. The highest BCUT2D eigenvalue weighted by Crippen LogP contribution is 2.27. The molecule has 0 spiro atoms. The molecule has 0 atom stereocenters. The van der Waals surface area contributed by atoms with E-state index in [-0.39, 0.29) is 5.76 Å². The largest absolute Gasteiger partial charge is 0.497 e. The van der Waals surface area contributed by atoms with E-state index in [9.17, 15) is 14.9 Å². The highest BCUT2D eigenvalue weighted by molar-refractivity contribution is 5.95. The Labute approximate surface area is 181 Å². The molecule has 160 valence electrons. The third kappa shape index (κ3) is 4.38. The zero-order valence-electron chi connectivity index (χ0n) is 16.8.